The van der Waals surface area contributed by atoms with E-state index in [1.165, 1.54) is 9.80 Å². The van der Waals surface area contributed by atoms with E-state index in [2.05, 4.69) is 0 Å². The van der Waals surface area contributed by atoms with Crippen LogP contribution in [0.4, 0.5) is 0 Å². The van der Waals surface area contributed by atoms with Gasteiger partial charge in [0.05, 0.1) is 32.7 Å². The Morgan fingerprint density at radius 1 is 0.462 bits per heavy atom. The molecular weight excluding hydrogens is 514 g/mol. The van der Waals surface area contributed by atoms with E-state index in [0.717, 1.165) is 0 Å². The molecule has 0 fully saturated rings. The maximum absolute atomic E-state index is 12.6. The number of hydrogen-bond acceptors (Lipinski definition) is 11. The molecule has 0 unspecified atom stereocenters. The standard InChI is InChI=1S/C26H47N3O10/c1-24(2,3)37-21(34)16-27(10-12-28(14-19(30)31)17-22(35)38-25(4,5)6)11-13-29(15-20(32)33)18-23(36)39-26(7,8)9/h10-18H2,1-9H3,(H,30,31)(H,32,33). The Hall–Kier alpha value is -2.77. The molecule has 0 aromatic rings. The average Bonchev–Trinajstić information content (AvgIpc) is 2.64. The van der Waals surface area contributed by atoms with Gasteiger partial charge < -0.3 is 24.4 Å². The van der Waals surface area contributed by atoms with E-state index < -0.39 is 59.7 Å². The Morgan fingerprint density at radius 3 is 0.923 bits per heavy atom. The maximum atomic E-state index is 12.6. The molecule has 0 spiro atoms. The van der Waals surface area contributed by atoms with Crippen molar-refractivity contribution in [3.8, 4) is 0 Å². The molecule has 0 aromatic heterocycles. The van der Waals surface area contributed by atoms with Crippen LogP contribution in [0.15, 0.2) is 0 Å². The molecule has 39 heavy (non-hydrogen) atoms. The number of carbonyl (C=O) groups excluding carboxylic acids is 3. The first kappa shape index (κ1) is 36.2. The Kier molecular flexibility index (Phi) is 14.6. The fraction of sp³-hybridized carbons (Fsp3) is 0.808. The fourth-order valence-electron chi connectivity index (χ4n) is 3.32. The second-order valence-electron chi connectivity index (χ2n) is 12.2. The van der Waals surface area contributed by atoms with Crippen LogP contribution < -0.4 is 0 Å². The summed E-state index contributed by atoms with van der Waals surface area (Å²) in [5, 5.41) is 18.6. The summed E-state index contributed by atoms with van der Waals surface area (Å²) in [6, 6.07) is 0. The molecule has 0 heterocycles. The van der Waals surface area contributed by atoms with E-state index in [-0.39, 0.29) is 45.8 Å². The van der Waals surface area contributed by atoms with Crippen LogP contribution in [0, 0.1) is 0 Å². The van der Waals surface area contributed by atoms with Crippen LogP contribution in [0.2, 0.25) is 0 Å². The second-order valence-corrected chi connectivity index (χ2v) is 12.2. The molecule has 0 atom stereocenters. The predicted molar refractivity (Wildman–Crippen MR) is 142 cm³/mol. The Labute approximate surface area is 231 Å². The first-order chi connectivity index (χ1) is 17.5. The summed E-state index contributed by atoms with van der Waals surface area (Å²) in [4.78, 5) is 64.3. The lowest BCUT2D eigenvalue weighted by Gasteiger charge is -2.30. The summed E-state index contributed by atoms with van der Waals surface area (Å²) >= 11 is 0. The Bertz CT molecular complexity index is 786. The van der Waals surface area contributed by atoms with Crippen molar-refractivity contribution in [3.63, 3.8) is 0 Å². The zero-order valence-corrected chi connectivity index (χ0v) is 24.9. The predicted octanol–water partition coefficient (Wildman–Crippen LogP) is 1.09. The lowest BCUT2D eigenvalue weighted by atomic mass is 10.2. The zero-order valence-electron chi connectivity index (χ0n) is 24.9. The van der Waals surface area contributed by atoms with Crippen molar-refractivity contribution in [2.75, 3.05) is 58.9 Å². The van der Waals surface area contributed by atoms with Crippen molar-refractivity contribution in [1.29, 1.82) is 0 Å². The van der Waals surface area contributed by atoms with Crippen molar-refractivity contribution in [2.45, 2.75) is 79.1 Å². The third-order valence-corrected chi connectivity index (χ3v) is 4.50. The first-order valence-electron chi connectivity index (χ1n) is 12.8. The van der Waals surface area contributed by atoms with E-state index in [9.17, 15) is 34.2 Å². The number of nitrogens with zero attached hydrogens (tertiary/aromatic N) is 3. The monoisotopic (exact) mass is 561 g/mol. The molecule has 0 aliphatic heterocycles. The van der Waals surface area contributed by atoms with Crippen LogP contribution >= 0.6 is 0 Å². The number of carboxylic acid groups (broad SMARTS) is 2. The van der Waals surface area contributed by atoms with Crippen LogP contribution in [0.5, 0.6) is 0 Å². The number of carboxylic acids is 2. The van der Waals surface area contributed by atoms with Crippen molar-refractivity contribution in [3.05, 3.63) is 0 Å². The lowest BCUT2D eigenvalue weighted by molar-refractivity contribution is -0.159. The number of rotatable bonds is 16. The number of esters is 3. The highest BCUT2D eigenvalue weighted by Crippen LogP contribution is 2.10. The summed E-state index contributed by atoms with van der Waals surface area (Å²) in [7, 11) is 0. The van der Waals surface area contributed by atoms with Gasteiger partial charge in [-0.25, -0.2) is 0 Å². The largest absolute Gasteiger partial charge is 0.480 e. The first-order valence-corrected chi connectivity index (χ1v) is 12.8. The molecule has 0 aromatic carbocycles. The number of hydrogen-bond donors (Lipinski definition) is 2. The summed E-state index contributed by atoms with van der Waals surface area (Å²) in [5.74, 6) is -3.99. The molecule has 2 N–H and O–H groups in total. The summed E-state index contributed by atoms with van der Waals surface area (Å²) < 4.78 is 16.0. The van der Waals surface area contributed by atoms with Gasteiger partial charge in [0.25, 0.3) is 0 Å². The van der Waals surface area contributed by atoms with Gasteiger partial charge in [-0.2, -0.15) is 0 Å². The molecule has 13 nitrogen and oxygen atoms in total. The summed E-state index contributed by atoms with van der Waals surface area (Å²) in [5.41, 5.74) is -2.21. The second kappa shape index (κ2) is 15.7. The third kappa shape index (κ3) is 21.8. The molecule has 226 valence electrons. The number of ether oxygens (including phenoxy) is 3. The number of aliphatic carboxylic acids is 2. The van der Waals surface area contributed by atoms with E-state index in [0.29, 0.717) is 0 Å². The quantitative estimate of drug-likeness (QED) is 0.203. The van der Waals surface area contributed by atoms with Crippen molar-refractivity contribution < 1.29 is 48.4 Å². The minimum atomic E-state index is -1.14. The Balaban J connectivity index is 5.57. The highest BCUT2D eigenvalue weighted by molar-refractivity contribution is 5.75. The molecule has 0 aliphatic carbocycles. The van der Waals surface area contributed by atoms with Crippen LogP contribution in [0.25, 0.3) is 0 Å². The SMILES string of the molecule is CC(C)(C)OC(=O)CN(CCN(CC(=O)O)CC(=O)OC(C)(C)C)CCN(CC(=O)O)CC(=O)OC(C)(C)C. The van der Waals surface area contributed by atoms with E-state index in [1.807, 2.05) is 0 Å². The van der Waals surface area contributed by atoms with Gasteiger partial charge in [0.2, 0.25) is 0 Å². The third-order valence-electron chi connectivity index (χ3n) is 4.50. The van der Waals surface area contributed by atoms with Crippen LogP contribution in [-0.4, -0.2) is 130 Å². The molecule has 13 heteroatoms. The smallest absolute Gasteiger partial charge is 0.320 e. The molecule has 0 rings (SSSR count). The van der Waals surface area contributed by atoms with Gasteiger partial charge in [-0.3, -0.25) is 38.7 Å². The van der Waals surface area contributed by atoms with Gasteiger partial charge in [-0.1, -0.05) is 0 Å². The summed E-state index contributed by atoms with van der Waals surface area (Å²) in [6.07, 6.45) is 0. The number of carbonyl (C=O) groups is 5. The van der Waals surface area contributed by atoms with Gasteiger partial charge in [-0.05, 0) is 62.3 Å². The highest BCUT2D eigenvalue weighted by atomic mass is 16.6. The van der Waals surface area contributed by atoms with Gasteiger partial charge in [0, 0.05) is 26.2 Å². The minimum absolute atomic E-state index is 0.0966. The fourth-order valence-corrected chi connectivity index (χ4v) is 3.32. The van der Waals surface area contributed by atoms with Crippen molar-refractivity contribution in [2.24, 2.45) is 0 Å². The molecule has 0 aliphatic rings. The topological polar surface area (TPSA) is 163 Å². The molecule has 0 saturated heterocycles. The summed E-state index contributed by atoms with van der Waals surface area (Å²) in [6.45, 7) is 14.3. The van der Waals surface area contributed by atoms with E-state index in [4.69, 9.17) is 14.2 Å². The lowest BCUT2D eigenvalue weighted by Crippen LogP contribution is -2.47. The van der Waals surface area contributed by atoms with Gasteiger partial charge >= 0.3 is 29.8 Å². The average molecular weight is 562 g/mol. The Morgan fingerprint density at radius 2 is 0.692 bits per heavy atom. The van der Waals surface area contributed by atoms with Crippen molar-refractivity contribution >= 4 is 29.8 Å². The van der Waals surface area contributed by atoms with Gasteiger partial charge in [-0.15, -0.1) is 0 Å². The molecule has 0 amide bonds. The van der Waals surface area contributed by atoms with Gasteiger partial charge in [0.15, 0.2) is 0 Å². The van der Waals surface area contributed by atoms with Crippen LogP contribution in [0.3, 0.4) is 0 Å². The highest BCUT2D eigenvalue weighted by Gasteiger charge is 2.25. The maximum Gasteiger partial charge on any atom is 0.320 e. The van der Waals surface area contributed by atoms with Crippen molar-refractivity contribution in [1.82, 2.24) is 14.7 Å². The molecule has 0 bridgehead atoms. The van der Waals surface area contributed by atoms with Crippen LogP contribution in [-0.2, 0) is 38.2 Å². The van der Waals surface area contributed by atoms with Gasteiger partial charge in [0.1, 0.15) is 16.8 Å². The molecular formula is C26H47N3O10. The minimum Gasteiger partial charge on any atom is -0.480 e. The normalized spacial score (nSPS) is 12.5. The molecule has 0 radical (unpaired) electrons. The van der Waals surface area contributed by atoms with E-state index >= 15 is 0 Å². The zero-order chi connectivity index (χ0) is 30.6. The van der Waals surface area contributed by atoms with E-state index in [1.54, 1.807) is 67.2 Å². The van der Waals surface area contributed by atoms with Crippen LogP contribution in [0.1, 0.15) is 62.3 Å². The molecule has 0 saturated carbocycles.